The number of ether oxygens (including phenoxy) is 2. The Labute approximate surface area is 143 Å². The van der Waals surface area contributed by atoms with Crippen molar-refractivity contribution in [1.29, 1.82) is 0 Å². The summed E-state index contributed by atoms with van der Waals surface area (Å²) in [5.74, 6) is -11.9. The van der Waals surface area contributed by atoms with E-state index in [2.05, 4.69) is 0 Å². The topological polar surface area (TPSA) is 55.8 Å². The predicted molar refractivity (Wildman–Crippen MR) is 79.5 cm³/mol. The van der Waals surface area contributed by atoms with Gasteiger partial charge < -0.3 is 14.6 Å². The van der Waals surface area contributed by atoms with Gasteiger partial charge in [-0.1, -0.05) is 13.8 Å². The summed E-state index contributed by atoms with van der Waals surface area (Å²) in [6.45, 7) is 0.693. The number of carboxylic acids is 1. The molecule has 2 saturated carbocycles. The van der Waals surface area contributed by atoms with E-state index in [9.17, 15) is 27.5 Å². The first-order valence-electron chi connectivity index (χ1n) is 8.75. The van der Waals surface area contributed by atoms with Gasteiger partial charge in [-0.2, -0.15) is 17.6 Å². The molecule has 1 N–H and O–H groups in total. The molecule has 2 aliphatic carbocycles. The van der Waals surface area contributed by atoms with E-state index in [1.807, 2.05) is 0 Å². The fourth-order valence-electron chi connectivity index (χ4n) is 5.02. The molecular weight excluding hydrogens is 344 g/mol. The van der Waals surface area contributed by atoms with E-state index in [0.29, 0.717) is 25.7 Å². The molecule has 4 nitrogen and oxygen atoms in total. The average Bonchev–Trinajstić information content (AvgIpc) is 2.62. The van der Waals surface area contributed by atoms with Crippen LogP contribution in [0, 0.1) is 23.2 Å². The van der Waals surface area contributed by atoms with Crippen LogP contribution in [0.4, 0.5) is 17.6 Å². The fourth-order valence-corrected chi connectivity index (χ4v) is 5.02. The number of hydrogen-bond acceptors (Lipinski definition) is 3. The first kappa shape index (κ1) is 18.9. The fraction of sp³-hybridized carbons (Fsp3) is 0.941. The minimum absolute atomic E-state index is 0.104. The molecule has 1 aliphatic heterocycles. The largest absolute Gasteiger partial charge is 0.481 e. The van der Waals surface area contributed by atoms with Crippen LogP contribution in [-0.4, -0.2) is 41.9 Å². The van der Waals surface area contributed by atoms with Crippen LogP contribution in [0.5, 0.6) is 0 Å². The average molecular weight is 368 g/mol. The number of alkyl halides is 4. The lowest BCUT2D eigenvalue weighted by Gasteiger charge is -2.55. The molecule has 0 aromatic carbocycles. The van der Waals surface area contributed by atoms with Crippen molar-refractivity contribution in [3.05, 3.63) is 0 Å². The molecule has 1 spiro atoms. The van der Waals surface area contributed by atoms with Crippen LogP contribution in [0.1, 0.15) is 46.0 Å². The van der Waals surface area contributed by atoms with Crippen molar-refractivity contribution in [3.63, 3.8) is 0 Å². The SMILES string of the molecule is CCC1(C(=O)O)CC2CC(C)C3(OCC(F)(F)C(F)(F)CO3)C(C2)C1. The Bertz CT molecular complexity index is 533. The Morgan fingerprint density at radius 3 is 2.12 bits per heavy atom. The van der Waals surface area contributed by atoms with Crippen LogP contribution < -0.4 is 0 Å². The highest BCUT2D eigenvalue weighted by atomic mass is 19.3. The van der Waals surface area contributed by atoms with Crippen molar-refractivity contribution in [2.24, 2.45) is 23.2 Å². The van der Waals surface area contributed by atoms with Gasteiger partial charge in [0.1, 0.15) is 13.2 Å². The maximum absolute atomic E-state index is 13.7. The van der Waals surface area contributed by atoms with Gasteiger partial charge in [0.15, 0.2) is 5.79 Å². The quantitative estimate of drug-likeness (QED) is 0.750. The minimum atomic E-state index is -4.31. The normalized spacial score (nSPS) is 41.9. The third kappa shape index (κ3) is 2.76. The molecule has 144 valence electrons. The first-order chi connectivity index (χ1) is 11.5. The monoisotopic (exact) mass is 368 g/mol. The van der Waals surface area contributed by atoms with E-state index in [1.165, 1.54) is 0 Å². The van der Waals surface area contributed by atoms with Crippen LogP contribution in [-0.2, 0) is 14.3 Å². The number of carboxylic acid groups (broad SMARTS) is 1. The van der Waals surface area contributed by atoms with Gasteiger partial charge in [0.25, 0.3) is 0 Å². The Balaban J connectivity index is 1.94. The standard InChI is InChI=1S/C17H24F4O4/c1-3-14(13(22)23)6-11-4-10(2)17(12(5-11)7-14)24-8-15(18,19)16(20,21)9-25-17/h10-12H,3-9H2,1-2H3,(H,22,23). The molecular formula is C17H24F4O4. The summed E-state index contributed by atoms with van der Waals surface area (Å²) in [6.07, 6.45) is 2.17. The van der Waals surface area contributed by atoms with Crippen molar-refractivity contribution >= 4 is 5.97 Å². The molecule has 1 heterocycles. The zero-order valence-corrected chi connectivity index (χ0v) is 14.4. The van der Waals surface area contributed by atoms with E-state index in [4.69, 9.17) is 9.47 Å². The van der Waals surface area contributed by atoms with E-state index in [-0.39, 0.29) is 18.3 Å². The van der Waals surface area contributed by atoms with E-state index in [1.54, 1.807) is 13.8 Å². The number of aliphatic carboxylic acids is 1. The molecule has 0 aromatic heterocycles. The molecule has 2 bridgehead atoms. The molecule has 3 fully saturated rings. The number of hydrogen-bond donors (Lipinski definition) is 1. The lowest BCUT2D eigenvalue weighted by molar-refractivity contribution is -0.319. The summed E-state index contributed by atoms with van der Waals surface area (Å²) in [4.78, 5) is 11.8. The molecule has 25 heavy (non-hydrogen) atoms. The van der Waals surface area contributed by atoms with Crippen molar-refractivity contribution in [2.75, 3.05) is 13.2 Å². The summed E-state index contributed by atoms with van der Waals surface area (Å²) in [5.41, 5.74) is -0.981. The number of fused-ring (bicyclic) bond motifs is 3. The van der Waals surface area contributed by atoms with Gasteiger partial charge in [-0.15, -0.1) is 0 Å². The van der Waals surface area contributed by atoms with Gasteiger partial charge in [0.05, 0.1) is 5.41 Å². The van der Waals surface area contributed by atoms with Crippen molar-refractivity contribution in [2.45, 2.75) is 63.6 Å². The van der Waals surface area contributed by atoms with Crippen molar-refractivity contribution in [1.82, 2.24) is 0 Å². The zero-order chi connectivity index (χ0) is 18.7. The van der Waals surface area contributed by atoms with Gasteiger partial charge in [-0.25, -0.2) is 0 Å². The Hall–Kier alpha value is -0.890. The molecule has 0 aromatic rings. The molecule has 8 heteroatoms. The highest BCUT2D eigenvalue weighted by Crippen LogP contribution is 2.58. The summed E-state index contributed by atoms with van der Waals surface area (Å²) < 4.78 is 65.6. The predicted octanol–water partition coefficient (Wildman–Crippen LogP) is 3.94. The minimum Gasteiger partial charge on any atom is -0.481 e. The zero-order valence-electron chi connectivity index (χ0n) is 14.4. The summed E-state index contributed by atoms with van der Waals surface area (Å²) in [7, 11) is 0. The van der Waals surface area contributed by atoms with Gasteiger partial charge in [-0.05, 0) is 38.0 Å². The van der Waals surface area contributed by atoms with Crippen molar-refractivity contribution in [3.8, 4) is 0 Å². The van der Waals surface area contributed by atoms with Gasteiger partial charge in [0.2, 0.25) is 0 Å². The first-order valence-corrected chi connectivity index (χ1v) is 8.75. The molecule has 1 saturated heterocycles. The van der Waals surface area contributed by atoms with Crippen LogP contribution >= 0.6 is 0 Å². The summed E-state index contributed by atoms with van der Waals surface area (Å²) in [5, 5.41) is 9.70. The maximum atomic E-state index is 13.7. The Morgan fingerprint density at radius 2 is 1.64 bits per heavy atom. The van der Waals surface area contributed by atoms with E-state index in [0.717, 1.165) is 0 Å². The third-order valence-electron chi connectivity index (χ3n) is 6.50. The second-order valence-corrected chi connectivity index (χ2v) is 7.99. The molecule has 4 unspecified atom stereocenters. The molecule has 3 rings (SSSR count). The van der Waals surface area contributed by atoms with Crippen molar-refractivity contribution < 1.29 is 36.9 Å². The highest BCUT2D eigenvalue weighted by molar-refractivity contribution is 5.74. The number of halogens is 4. The molecule has 4 atom stereocenters. The van der Waals surface area contributed by atoms with Crippen LogP contribution in [0.25, 0.3) is 0 Å². The second-order valence-electron chi connectivity index (χ2n) is 7.99. The highest BCUT2D eigenvalue weighted by Gasteiger charge is 2.65. The Morgan fingerprint density at radius 1 is 1.08 bits per heavy atom. The van der Waals surface area contributed by atoms with Crippen LogP contribution in [0.3, 0.4) is 0 Å². The van der Waals surface area contributed by atoms with Crippen LogP contribution in [0.2, 0.25) is 0 Å². The number of carbonyl (C=O) groups is 1. The van der Waals surface area contributed by atoms with Gasteiger partial charge >= 0.3 is 17.8 Å². The molecule has 0 amide bonds. The summed E-state index contributed by atoms with van der Waals surface area (Å²) in [6, 6.07) is 0. The Kier molecular flexibility index (Phi) is 4.39. The van der Waals surface area contributed by atoms with E-state index >= 15 is 0 Å². The summed E-state index contributed by atoms with van der Waals surface area (Å²) >= 11 is 0. The smallest absolute Gasteiger partial charge is 0.335 e. The second kappa shape index (κ2) is 5.81. The number of rotatable bonds is 2. The lowest BCUT2D eigenvalue weighted by atomic mass is 9.55. The maximum Gasteiger partial charge on any atom is 0.335 e. The van der Waals surface area contributed by atoms with Crippen LogP contribution in [0.15, 0.2) is 0 Å². The van der Waals surface area contributed by atoms with E-state index < -0.39 is 48.1 Å². The lowest BCUT2D eigenvalue weighted by Crippen LogP contribution is -2.58. The van der Waals surface area contributed by atoms with Gasteiger partial charge in [0, 0.05) is 11.8 Å². The molecule has 0 radical (unpaired) electrons. The van der Waals surface area contributed by atoms with Gasteiger partial charge in [-0.3, -0.25) is 4.79 Å². The molecule has 3 aliphatic rings. The third-order valence-corrected chi connectivity index (χ3v) is 6.50.